The number of carbonyl (C=O) groups is 1. The van der Waals surface area contributed by atoms with Crippen LogP contribution >= 0.6 is 0 Å². The van der Waals surface area contributed by atoms with Crippen LogP contribution in [0.15, 0.2) is 71.4 Å². The van der Waals surface area contributed by atoms with E-state index in [0.717, 1.165) is 5.69 Å². The Morgan fingerprint density at radius 3 is 2.59 bits per heavy atom. The second-order valence-electron chi connectivity index (χ2n) is 5.17. The quantitative estimate of drug-likeness (QED) is 0.205. The molecule has 0 radical (unpaired) electrons. The number of hydrogen-bond donors (Lipinski definition) is 4. The molecule has 0 heterocycles. The van der Waals surface area contributed by atoms with E-state index >= 15 is 0 Å². The number of alkyl carbamates (subject to hydrolysis) is 1. The number of nitriles is 1. The van der Waals surface area contributed by atoms with E-state index in [-0.39, 0.29) is 18.0 Å². The van der Waals surface area contributed by atoms with Crippen LogP contribution in [0.1, 0.15) is 6.92 Å². The number of carbonyl (C=O) groups excluding carboxylic acids is 1. The zero-order chi connectivity index (χ0) is 19.5. The Morgan fingerprint density at radius 2 is 1.93 bits per heavy atom. The van der Waals surface area contributed by atoms with Crippen molar-refractivity contribution in [1.29, 1.82) is 5.26 Å². The number of nitrogens with one attached hydrogen (secondary N) is 3. The predicted octanol–water partition coefficient (Wildman–Crippen LogP) is 3.07. The van der Waals surface area contributed by atoms with Crippen LogP contribution in [-0.4, -0.2) is 18.5 Å². The van der Waals surface area contributed by atoms with E-state index < -0.39 is 6.09 Å². The standard InChI is InChI=1S/C19H20N6O2/c1-2-27-19(26)24-18(23-17-11-7-6-10-16(17)21)14(12-20)13-22-25-15-8-4-3-5-9-15/h3-11,13,22,25H,2,21H2,1H3,(H,23,24,26)/b14-13+. The minimum Gasteiger partial charge on any atom is -0.450 e. The van der Waals surface area contributed by atoms with Gasteiger partial charge in [0.25, 0.3) is 0 Å². The molecular formula is C19H20N6O2. The lowest BCUT2D eigenvalue weighted by Gasteiger charge is -2.10. The second kappa shape index (κ2) is 10.1. The molecule has 8 nitrogen and oxygen atoms in total. The Kier molecular flexibility index (Phi) is 7.24. The first-order valence-corrected chi connectivity index (χ1v) is 8.18. The number of aliphatic imine (C=N–C) groups is 1. The summed E-state index contributed by atoms with van der Waals surface area (Å²) in [5.41, 5.74) is 13.3. The van der Waals surface area contributed by atoms with Crippen molar-refractivity contribution in [2.75, 3.05) is 17.8 Å². The summed E-state index contributed by atoms with van der Waals surface area (Å²) in [6, 6.07) is 18.2. The molecule has 0 fully saturated rings. The summed E-state index contributed by atoms with van der Waals surface area (Å²) >= 11 is 0. The molecule has 2 rings (SSSR count). The highest BCUT2D eigenvalue weighted by Gasteiger charge is 2.13. The summed E-state index contributed by atoms with van der Waals surface area (Å²) in [6.45, 7) is 1.87. The number of nitrogens with two attached hydrogens (primary N) is 1. The van der Waals surface area contributed by atoms with Crippen molar-refractivity contribution in [3.63, 3.8) is 0 Å². The molecular weight excluding hydrogens is 344 g/mol. The average Bonchev–Trinajstić information content (AvgIpc) is 2.67. The number of hydrazine groups is 1. The van der Waals surface area contributed by atoms with Gasteiger partial charge in [-0.2, -0.15) is 5.26 Å². The molecule has 0 aliphatic heterocycles. The van der Waals surface area contributed by atoms with Crippen LogP contribution in [0.4, 0.5) is 21.9 Å². The van der Waals surface area contributed by atoms with Gasteiger partial charge in [0, 0.05) is 6.20 Å². The lowest BCUT2D eigenvalue weighted by Crippen LogP contribution is -2.33. The number of ether oxygens (including phenoxy) is 1. The van der Waals surface area contributed by atoms with E-state index in [4.69, 9.17) is 10.5 Å². The Hall–Kier alpha value is -3.99. The van der Waals surface area contributed by atoms with Gasteiger partial charge >= 0.3 is 6.09 Å². The van der Waals surface area contributed by atoms with Crippen LogP contribution in [0, 0.1) is 11.3 Å². The van der Waals surface area contributed by atoms with Crippen LogP contribution in [0.5, 0.6) is 0 Å². The lowest BCUT2D eigenvalue weighted by molar-refractivity contribution is 0.158. The van der Waals surface area contributed by atoms with Crippen LogP contribution in [0.2, 0.25) is 0 Å². The Labute approximate surface area is 157 Å². The van der Waals surface area contributed by atoms with Gasteiger partial charge < -0.3 is 21.3 Å². The fourth-order valence-corrected chi connectivity index (χ4v) is 2.00. The molecule has 0 spiro atoms. The van der Waals surface area contributed by atoms with E-state index in [2.05, 4.69) is 21.2 Å². The van der Waals surface area contributed by atoms with Gasteiger partial charge in [-0.1, -0.05) is 30.3 Å². The molecule has 0 bridgehead atoms. The fourth-order valence-electron chi connectivity index (χ4n) is 2.00. The van der Waals surface area contributed by atoms with E-state index in [1.165, 1.54) is 6.20 Å². The number of nitrogen functional groups attached to an aromatic ring is 1. The third-order valence-electron chi connectivity index (χ3n) is 3.25. The predicted molar refractivity (Wildman–Crippen MR) is 105 cm³/mol. The van der Waals surface area contributed by atoms with Gasteiger partial charge in [-0.15, -0.1) is 0 Å². The minimum atomic E-state index is -0.720. The number of anilines is 2. The molecule has 5 N–H and O–H groups in total. The largest absolute Gasteiger partial charge is 0.450 e. The average molecular weight is 364 g/mol. The molecule has 0 saturated carbocycles. The highest BCUT2D eigenvalue weighted by molar-refractivity contribution is 6.09. The molecule has 0 aromatic heterocycles. The maximum atomic E-state index is 11.8. The Morgan fingerprint density at radius 1 is 1.22 bits per heavy atom. The van der Waals surface area contributed by atoms with Crippen molar-refractivity contribution in [2.24, 2.45) is 4.99 Å². The molecule has 0 aliphatic carbocycles. The summed E-state index contributed by atoms with van der Waals surface area (Å²) in [4.78, 5) is 16.1. The van der Waals surface area contributed by atoms with Gasteiger partial charge in [-0.3, -0.25) is 5.32 Å². The fraction of sp³-hybridized carbons (Fsp3) is 0.105. The van der Waals surface area contributed by atoms with Gasteiger partial charge in [0.05, 0.1) is 23.7 Å². The number of benzene rings is 2. The lowest BCUT2D eigenvalue weighted by atomic mass is 10.2. The van der Waals surface area contributed by atoms with Gasteiger partial charge in [0.1, 0.15) is 11.6 Å². The molecule has 1 amide bonds. The number of hydrogen-bond acceptors (Lipinski definition) is 7. The van der Waals surface area contributed by atoms with E-state index in [1.54, 1.807) is 31.2 Å². The summed E-state index contributed by atoms with van der Waals surface area (Å²) in [5, 5.41) is 12.0. The molecule has 138 valence electrons. The highest BCUT2D eigenvalue weighted by Crippen LogP contribution is 2.21. The third-order valence-corrected chi connectivity index (χ3v) is 3.25. The molecule has 0 aliphatic rings. The highest BCUT2D eigenvalue weighted by atomic mass is 16.5. The van der Waals surface area contributed by atoms with Crippen molar-refractivity contribution in [3.05, 3.63) is 66.4 Å². The summed E-state index contributed by atoms with van der Waals surface area (Å²) in [5.74, 6) is 0.0104. The summed E-state index contributed by atoms with van der Waals surface area (Å²) < 4.78 is 4.87. The SMILES string of the molecule is CCOC(=O)NC(=Nc1ccccc1N)/C(C#N)=C/NNc1ccccc1. The van der Waals surface area contributed by atoms with Crippen molar-refractivity contribution >= 4 is 29.0 Å². The molecule has 2 aromatic carbocycles. The van der Waals surface area contributed by atoms with Gasteiger partial charge in [0.2, 0.25) is 0 Å². The van der Waals surface area contributed by atoms with Crippen LogP contribution in [0.3, 0.4) is 0 Å². The van der Waals surface area contributed by atoms with Crippen LogP contribution in [0.25, 0.3) is 0 Å². The number of para-hydroxylation sites is 3. The topological polar surface area (TPSA) is 125 Å². The third kappa shape index (κ3) is 6.10. The molecule has 8 heteroatoms. The molecule has 27 heavy (non-hydrogen) atoms. The Balaban J connectivity index is 2.26. The van der Waals surface area contributed by atoms with E-state index in [1.807, 2.05) is 36.4 Å². The van der Waals surface area contributed by atoms with Gasteiger partial charge in [-0.25, -0.2) is 9.79 Å². The van der Waals surface area contributed by atoms with E-state index in [9.17, 15) is 10.1 Å². The molecule has 0 unspecified atom stereocenters. The van der Waals surface area contributed by atoms with Crippen LogP contribution < -0.4 is 21.9 Å². The molecule has 2 aromatic rings. The first kappa shape index (κ1) is 19.3. The van der Waals surface area contributed by atoms with Crippen molar-refractivity contribution < 1.29 is 9.53 Å². The second-order valence-corrected chi connectivity index (χ2v) is 5.17. The number of nitrogens with zero attached hydrogens (tertiary/aromatic N) is 2. The van der Waals surface area contributed by atoms with Crippen molar-refractivity contribution in [2.45, 2.75) is 6.92 Å². The first-order valence-electron chi connectivity index (χ1n) is 8.18. The smallest absolute Gasteiger partial charge is 0.412 e. The molecule has 0 atom stereocenters. The van der Waals surface area contributed by atoms with Crippen molar-refractivity contribution in [1.82, 2.24) is 10.7 Å². The zero-order valence-corrected chi connectivity index (χ0v) is 14.8. The summed E-state index contributed by atoms with van der Waals surface area (Å²) in [7, 11) is 0. The number of amides is 1. The zero-order valence-electron chi connectivity index (χ0n) is 14.8. The maximum Gasteiger partial charge on any atom is 0.412 e. The number of rotatable bonds is 6. The number of amidine groups is 1. The van der Waals surface area contributed by atoms with Gasteiger partial charge in [-0.05, 0) is 31.2 Å². The minimum absolute atomic E-state index is 0.0104. The monoisotopic (exact) mass is 364 g/mol. The summed E-state index contributed by atoms with van der Waals surface area (Å²) in [6.07, 6.45) is 0.667. The normalized spacial score (nSPS) is 11.3. The first-order chi connectivity index (χ1) is 13.1. The van der Waals surface area contributed by atoms with Crippen molar-refractivity contribution in [3.8, 4) is 6.07 Å². The molecule has 0 saturated heterocycles. The van der Waals surface area contributed by atoms with Crippen LogP contribution in [-0.2, 0) is 4.74 Å². The maximum absolute atomic E-state index is 11.8. The Bertz CT molecular complexity index is 871. The van der Waals surface area contributed by atoms with Gasteiger partial charge in [0.15, 0.2) is 5.84 Å². The van der Waals surface area contributed by atoms with E-state index in [0.29, 0.717) is 11.4 Å².